The van der Waals surface area contributed by atoms with Crippen LogP contribution >= 0.6 is 0 Å². The molecule has 0 aromatic heterocycles. The van der Waals surface area contributed by atoms with Gasteiger partial charge in [0, 0.05) is 0 Å². The number of carbonyl (C=O) groups excluding carboxylic acids is 1. The van der Waals surface area contributed by atoms with E-state index >= 15 is 0 Å². The predicted molar refractivity (Wildman–Crippen MR) is 113 cm³/mol. The van der Waals surface area contributed by atoms with E-state index in [-0.39, 0.29) is 18.8 Å². The van der Waals surface area contributed by atoms with Crippen LogP contribution in [0.4, 0.5) is 13.2 Å². The molecule has 0 unspecified atom stereocenters. The third kappa shape index (κ3) is 5.05. The lowest BCUT2D eigenvalue weighted by molar-refractivity contribution is -0.182. The third-order valence-corrected chi connectivity index (χ3v) is 5.75. The topological polar surface area (TPSA) is 26.3 Å². The number of aryl methyl sites for hydroxylation is 1. The highest BCUT2D eigenvalue weighted by molar-refractivity contribution is 5.98. The van der Waals surface area contributed by atoms with Gasteiger partial charge in [-0.2, -0.15) is 13.2 Å². The molecule has 0 N–H and O–H groups in total. The summed E-state index contributed by atoms with van der Waals surface area (Å²) in [6.45, 7) is 7.45. The Balaban J connectivity index is 1.99. The van der Waals surface area contributed by atoms with Crippen LogP contribution in [-0.2, 0) is 4.74 Å². The van der Waals surface area contributed by atoms with Crippen molar-refractivity contribution in [1.29, 1.82) is 0 Å². The lowest BCUT2D eigenvalue weighted by Crippen LogP contribution is -2.27. The summed E-state index contributed by atoms with van der Waals surface area (Å²) >= 11 is 0. The van der Waals surface area contributed by atoms with Gasteiger partial charge in [-0.25, -0.2) is 4.79 Å². The van der Waals surface area contributed by atoms with Crippen molar-refractivity contribution < 1.29 is 22.7 Å². The fraction of sp³-hybridized carbons (Fsp3) is 0.480. The molecule has 1 fully saturated rings. The summed E-state index contributed by atoms with van der Waals surface area (Å²) in [7, 11) is 0. The number of ether oxygens (including phenoxy) is 1. The van der Waals surface area contributed by atoms with E-state index in [4.69, 9.17) is 4.74 Å². The Morgan fingerprint density at radius 3 is 2.17 bits per heavy atom. The number of hydrogen-bond acceptors (Lipinski definition) is 2. The lowest BCUT2D eigenvalue weighted by Gasteiger charge is -2.31. The predicted octanol–water partition coefficient (Wildman–Crippen LogP) is 7.45. The van der Waals surface area contributed by atoms with Gasteiger partial charge in [0.25, 0.3) is 0 Å². The van der Waals surface area contributed by atoms with E-state index in [0.29, 0.717) is 18.4 Å². The van der Waals surface area contributed by atoms with Gasteiger partial charge in [-0.15, -0.1) is 0 Å². The van der Waals surface area contributed by atoms with Crippen molar-refractivity contribution in [3.05, 3.63) is 59.2 Å². The summed E-state index contributed by atoms with van der Waals surface area (Å²) < 4.78 is 44.9. The van der Waals surface area contributed by atoms with Gasteiger partial charge in [-0.1, -0.05) is 36.4 Å². The zero-order valence-electron chi connectivity index (χ0n) is 18.0. The minimum atomic E-state index is -4.12. The first-order valence-corrected chi connectivity index (χ1v) is 10.5. The molecule has 5 heteroatoms. The van der Waals surface area contributed by atoms with Crippen LogP contribution < -0.4 is 0 Å². The van der Waals surface area contributed by atoms with Crippen molar-refractivity contribution >= 4 is 5.97 Å². The molecule has 30 heavy (non-hydrogen) atoms. The second-order valence-corrected chi connectivity index (χ2v) is 9.18. The van der Waals surface area contributed by atoms with Gasteiger partial charge in [-0.3, -0.25) is 0 Å². The van der Waals surface area contributed by atoms with Crippen molar-refractivity contribution in [3.63, 3.8) is 0 Å². The zero-order chi connectivity index (χ0) is 22.1. The molecular formula is C25H29F3O2. The van der Waals surface area contributed by atoms with Gasteiger partial charge in [0.05, 0.1) is 11.5 Å². The number of hydrogen-bond donors (Lipinski definition) is 0. The molecule has 162 valence electrons. The van der Waals surface area contributed by atoms with Crippen molar-refractivity contribution in [2.24, 2.45) is 5.92 Å². The number of rotatable bonds is 3. The van der Waals surface area contributed by atoms with Gasteiger partial charge >= 0.3 is 12.1 Å². The van der Waals surface area contributed by atoms with Gasteiger partial charge < -0.3 is 4.74 Å². The normalized spacial score (nSPS) is 20.1. The molecule has 1 aliphatic carbocycles. The SMILES string of the molecule is Cc1cccc(C2CCC(C(F)(F)F)CC2)c1-c1ccccc1C(=O)OC(C)(C)C. The van der Waals surface area contributed by atoms with E-state index < -0.39 is 23.7 Å². The Morgan fingerprint density at radius 2 is 1.57 bits per heavy atom. The molecule has 1 aliphatic rings. The second kappa shape index (κ2) is 8.44. The van der Waals surface area contributed by atoms with E-state index in [1.54, 1.807) is 12.1 Å². The molecule has 2 aromatic carbocycles. The summed E-state index contributed by atoms with van der Waals surface area (Å²) in [4.78, 5) is 12.9. The highest BCUT2D eigenvalue weighted by Gasteiger charge is 2.42. The van der Waals surface area contributed by atoms with Crippen molar-refractivity contribution in [3.8, 4) is 11.1 Å². The lowest BCUT2D eigenvalue weighted by atomic mass is 9.75. The molecule has 3 rings (SSSR count). The molecule has 0 bridgehead atoms. The highest BCUT2D eigenvalue weighted by Crippen LogP contribution is 2.46. The first-order valence-electron chi connectivity index (χ1n) is 10.5. The van der Waals surface area contributed by atoms with Crippen LogP contribution in [0.1, 0.15) is 73.9 Å². The molecule has 0 radical (unpaired) electrons. The van der Waals surface area contributed by atoms with Crippen molar-refractivity contribution in [1.82, 2.24) is 0 Å². The van der Waals surface area contributed by atoms with E-state index in [1.165, 1.54) is 0 Å². The van der Waals surface area contributed by atoms with Crippen LogP contribution in [0.2, 0.25) is 0 Å². The zero-order valence-corrected chi connectivity index (χ0v) is 18.0. The Morgan fingerprint density at radius 1 is 0.933 bits per heavy atom. The summed E-state index contributed by atoms with van der Waals surface area (Å²) in [5, 5.41) is 0. The van der Waals surface area contributed by atoms with Gasteiger partial charge in [-0.05, 0) is 87.6 Å². The molecule has 0 spiro atoms. The maximum Gasteiger partial charge on any atom is 0.391 e. The Labute approximate surface area is 176 Å². The first kappa shape index (κ1) is 22.4. The second-order valence-electron chi connectivity index (χ2n) is 9.18. The van der Waals surface area contributed by atoms with Crippen LogP contribution in [0.15, 0.2) is 42.5 Å². The third-order valence-electron chi connectivity index (χ3n) is 5.75. The minimum Gasteiger partial charge on any atom is -0.456 e. The largest absolute Gasteiger partial charge is 0.456 e. The summed E-state index contributed by atoms with van der Waals surface area (Å²) in [5.41, 5.74) is 3.60. The Bertz CT molecular complexity index is 901. The van der Waals surface area contributed by atoms with Gasteiger partial charge in [0.1, 0.15) is 5.60 Å². The average Bonchev–Trinajstić information content (AvgIpc) is 2.66. The molecule has 1 saturated carbocycles. The van der Waals surface area contributed by atoms with Gasteiger partial charge in [0.15, 0.2) is 0 Å². The smallest absolute Gasteiger partial charge is 0.391 e. The monoisotopic (exact) mass is 418 g/mol. The fourth-order valence-corrected chi connectivity index (χ4v) is 4.34. The number of esters is 1. The van der Waals surface area contributed by atoms with E-state index in [9.17, 15) is 18.0 Å². The molecule has 0 aliphatic heterocycles. The van der Waals surface area contributed by atoms with Crippen LogP contribution in [0, 0.1) is 12.8 Å². The summed E-state index contributed by atoms with van der Waals surface area (Å²) in [6.07, 6.45) is -2.83. The molecule has 0 amide bonds. The highest BCUT2D eigenvalue weighted by atomic mass is 19.4. The quantitative estimate of drug-likeness (QED) is 0.484. The molecule has 0 saturated heterocycles. The van der Waals surface area contributed by atoms with E-state index in [1.807, 2.05) is 58.0 Å². The maximum atomic E-state index is 13.1. The maximum absolute atomic E-state index is 13.1. The van der Waals surface area contributed by atoms with Crippen molar-refractivity contribution in [2.75, 3.05) is 0 Å². The minimum absolute atomic E-state index is 0.0465. The van der Waals surface area contributed by atoms with Crippen LogP contribution in [0.5, 0.6) is 0 Å². The van der Waals surface area contributed by atoms with E-state index in [2.05, 4.69) is 0 Å². The van der Waals surface area contributed by atoms with Gasteiger partial charge in [0.2, 0.25) is 0 Å². The van der Waals surface area contributed by atoms with E-state index in [0.717, 1.165) is 22.3 Å². The summed E-state index contributed by atoms with van der Waals surface area (Å²) in [6, 6.07) is 13.2. The molecular weight excluding hydrogens is 389 g/mol. The fourth-order valence-electron chi connectivity index (χ4n) is 4.34. The standard InChI is InChI=1S/C25H29F3O2/c1-16-8-7-11-19(17-12-14-18(15-13-17)25(26,27)28)22(16)20-9-5-6-10-21(20)23(29)30-24(2,3)4/h5-11,17-18H,12-15H2,1-4H3. The molecule has 0 atom stereocenters. The number of alkyl halides is 3. The number of halogens is 3. The molecule has 2 nitrogen and oxygen atoms in total. The average molecular weight is 418 g/mol. The first-order chi connectivity index (χ1) is 14.0. The number of carbonyl (C=O) groups is 1. The van der Waals surface area contributed by atoms with Crippen LogP contribution in [0.25, 0.3) is 11.1 Å². The Hall–Kier alpha value is -2.30. The molecule has 0 heterocycles. The van der Waals surface area contributed by atoms with Crippen LogP contribution in [0.3, 0.4) is 0 Å². The molecule has 2 aromatic rings. The summed E-state index contributed by atoms with van der Waals surface area (Å²) in [5.74, 6) is -1.56. The Kier molecular flexibility index (Phi) is 6.30. The van der Waals surface area contributed by atoms with Crippen LogP contribution in [-0.4, -0.2) is 17.7 Å². The number of benzene rings is 2. The van der Waals surface area contributed by atoms with Crippen molar-refractivity contribution in [2.45, 2.75) is 71.1 Å².